The SMILES string of the molecule is CCN1CCCCC1Cc1nnc2cccc(OC)n12. The summed E-state index contributed by atoms with van der Waals surface area (Å²) in [6.45, 7) is 4.55. The maximum Gasteiger partial charge on any atom is 0.200 e. The lowest BCUT2D eigenvalue weighted by atomic mass is 9.99. The average Bonchev–Trinajstić information content (AvgIpc) is 2.91. The first-order chi connectivity index (χ1) is 9.83. The van der Waals surface area contributed by atoms with Gasteiger partial charge in [0.2, 0.25) is 5.88 Å². The number of rotatable bonds is 4. The summed E-state index contributed by atoms with van der Waals surface area (Å²) in [5, 5.41) is 8.63. The summed E-state index contributed by atoms with van der Waals surface area (Å²) in [4.78, 5) is 2.56. The summed E-state index contributed by atoms with van der Waals surface area (Å²) < 4.78 is 7.47. The van der Waals surface area contributed by atoms with Crippen molar-refractivity contribution < 1.29 is 4.74 Å². The molecule has 0 N–H and O–H groups in total. The molecule has 0 spiro atoms. The predicted molar refractivity (Wildman–Crippen MR) is 78.1 cm³/mol. The topological polar surface area (TPSA) is 42.7 Å². The van der Waals surface area contributed by atoms with Crippen molar-refractivity contribution in [3.63, 3.8) is 0 Å². The van der Waals surface area contributed by atoms with E-state index in [1.54, 1.807) is 7.11 Å². The number of methoxy groups -OCH3 is 1. The van der Waals surface area contributed by atoms with Gasteiger partial charge in [-0.1, -0.05) is 19.4 Å². The minimum Gasteiger partial charge on any atom is -0.482 e. The second kappa shape index (κ2) is 5.79. The van der Waals surface area contributed by atoms with Gasteiger partial charge in [-0.25, -0.2) is 4.40 Å². The van der Waals surface area contributed by atoms with Crippen molar-refractivity contribution >= 4 is 5.65 Å². The third-order valence-corrected chi connectivity index (χ3v) is 4.24. The summed E-state index contributed by atoms with van der Waals surface area (Å²) in [6.07, 6.45) is 4.82. The van der Waals surface area contributed by atoms with E-state index in [4.69, 9.17) is 4.74 Å². The normalized spacial score (nSPS) is 20.4. The van der Waals surface area contributed by atoms with Crippen LogP contribution in [0.15, 0.2) is 18.2 Å². The molecule has 5 nitrogen and oxygen atoms in total. The summed E-state index contributed by atoms with van der Waals surface area (Å²) >= 11 is 0. The fourth-order valence-corrected chi connectivity index (χ4v) is 3.18. The highest BCUT2D eigenvalue weighted by atomic mass is 16.5. The molecule has 3 heterocycles. The fraction of sp³-hybridized carbons (Fsp3) is 0.600. The molecule has 0 saturated carbocycles. The number of hydrogen-bond acceptors (Lipinski definition) is 4. The van der Waals surface area contributed by atoms with Crippen molar-refractivity contribution in [3.05, 3.63) is 24.0 Å². The van der Waals surface area contributed by atoms with Crippen LogP contribution >= 0.6 is 0 Å². The first-order valence-electron chi connectivity index (χ1n) is 7.44. The van der Waals surface area contributed by atoms with Crippen molar-refractivity contribution in [1.29, 1.82) is 0 Å². The number of likely N-dealkylation sites (N-methyl/N-ethyl adjacent to an activating group) is 1. The number of fused-ring (bicyclic) bond motifs is 1. The van der Waals surface area contributed by atoms with E-state index in [1.807, 2.05) is 22.6 Å². The Balaban J connectivity index is 1.90. The highest BCUT2D eigenvalue weighted by Crippen LogP contribution is 2.22. The second-order valence-corrected chi connectivity index (χ2v) is 5.36. The van der Waals surface area contributed by atoms with Crippen LogP contribution in [-0.4, -0.2) is 45.7 Å². The highest BCUT2D eigenvalue weighted by Gasteiger charge is 2.23. The van der Waals surface area contributed by atoms with Crippen LogP contribution in [0.1, 0.15) is 32.0 Å². The van der Waals surface area contributed by atoms with E-state index in [2.05, 4.69) is 22.0 Å². The number of nitrogens with zero attached hydrogens (tertiary/aromatic N) is 4. The molecule has 0 aromatic carbocycles. The first-order valence-corrected chi connectivity index (χ1v) is 7.44. The van der Waals surface area contributed by atoms with Crippen molar-refractivity contribution in [2.45, 2.75) is 38.6 Å². The lowest BCUT2D eigenvalue weighted by Gasteiger charge is -2.34. The summed E-state index contributed by atoms with van der Waals surface area (Å²) in [5.41, 5.74) is 0.859. The number of piperidine rings is 1. The third kappa shape index (κ3) is 2.38. The Morgan fingerprint density at radius 1 is 1.30 bits per heavy atom. The fourth-order valence-electron chi connectivity index (χ4n) is 3.18. The molecule has 108 valence electrons. The van der Waals surface area contributed by atoms with Gasteiger partial charge in [0.05, 0.1) is 7.11 Å². The van der Waals surface area contributed by atoms with Gasteiger partial charge in [0.25, 0.3) is 0 Å². The van der Waals surface area contributed by atoms with E-state index >= 15 is 0 Å². The lowest BCUT2D eigenvalue weighted by molar-refractivity contribution is 0.153. The van der Waals surface area contributed by atoms with Gasteiger partial charge in [-0.05, 0) is 38.1 Å². The van der Waals surface area contributed by atoms with Crippen LogP contribution in [0.4, 0.5) is 0 Å². The molecular formula is C15H22N4O. The van der Waals surface area contributed by atoms with Crippen LogP contribution in [0.2, 0.25) is 0 Å². The van der Waals surface area contributed by atoms with Crippen molar-refractivity contribution in [2.24, 2.45) is 0 Å². The molecular weight excluding hydrogens is 252 g/mol. The molecule has 1 fully saturated rings. The van der Waals surface area contributed by atoms with Gasteiger partial charge in [-0.3, -0.25) is 0 Å². The standard InChI is InChI=1S/C15H22N4O/c1-3-18-10-5-4-7-12(18)11-14-17-16-13-8-6-9-15(20-2)19(13)14/h6,8-9,12H,3-5,7,10-11H2,1-2H3. The number of aromatic nitrogens is 3. The molecule has 1 aliphatic rings. The van der Waals surface area contributed by atoms with Gasteiger partial charge in [-0.15, -0.1) is 10.2 Å². The van der Waals surface area contributed by atoms with E-state index in [1.165, 1.54) is 25.8 Å². The third-order valence-electron chi connectivity index (χ3n) is 4.24. The zero-order chi connectivity index (χ0) is 13.9. The van der Waals surface area contributed by atoms with Gasteiger partial charge < -0.3 is 9.64 Å². The molecule has 0 bridgehead atoms. The molecule has 5 heteroatoms. The van der Waals surface area contributed by atoms with E-state index in [9.17, 15) is 0 Å². The Bertz CT molecular complexity index is 580. The lowest BCUT2D eigenvalue weighted by Crippen LogP contribution is -2.40. The smallest absolute Gasteiger partial charge is 0.200 e. The minimum atomic E-state index is 0.575. The highest BCUT2D eigenvalue weighted by molar-refractivity contribution is 5.42. The quantitative estimate of drug-likeness (QED) is 0.857. The van der Waals surface area contributed by atoms with Gasteiger partial charge in [-0.2, -0.15) is 0 Å². The molecule has 20 heavy (non-hydrogen) atoms. The number of likely N-dealkylation sites (tertiary alicyclic amines) is 1. The van der Waals surface area contributed by atoms with Crippen molar-refractivity contribution in [2.75, 3.05) is 20.2 Å². The van der Waals surface area contributed by atoms with Gasteiger partial charge in [0, 0.05) is 12.5 Å². The average molecular weight is 274 g/mol. The molecule has 0 amide bonds. The Labute approximate surface area is 119 Å². The Hall–Kier alpha value is -1.62. The number of pyridine rings is 1. The van der Waals surface area contributed by atoms with Gasteiger partial charge in [0.1, 0.15) is 5.82 Å². The van der Waals surface area contributed by atoms with Crippen molar-refractivity contribution in [3.8, 4) is 5.88 Å². The van der Waals surface area contributed by atoms with E-state index in [-0.39, 0.29) is 0 Å². The molecule has 2 aromatic heterocycles. The summed E-state index contributed by atoms with van der Waals surface area (Å²) in [7, 11) is 1.69. The van der Waals surface area contributed by atoms with Crippen LogP contribution in [0.5, 0.6) is 5.88 Å². The number of hydrogen-bond donors (Lipinski definition) is 0. The van der Waals surface area contributed by atoms with Gasteiger partial charge >= 0.3 is 0 Å². The van der Waals surface area contributed by atoms with Crippen LogP contribution in [0, 0.1) is 0 Å². The summed E-state index contributed by atoms with van der Waals surface area (Å²) in [5.74, 6) is 1.81. The second-order valence-electron chi connectivity index (χ2n) is 5.36. The van der Waals surface area contributed by atoms with Crippen LogP contribution in [0.25, 0.3) is 5.65 Å². The number of ether oxygens (including phenoxy) is 1. The zero-order valence-electron chi connectivity index (χ0n) is 12.2. The Morgan fingerprint density at radius 3 is 3.00 bits per heavy atom. The van der Waals surface area contributed by atoms with E-state index in [0.29, 0.717) is 6.04 Å². The molecule has 0 radical (unpaired) electrons. The largest absolute Gasteiger partial charge is 0.482 e. The maximum absolute atomic E-state index is 5.44. The van der Waals surface area contributed by atoms with Crippen molar-refractivity contribution in [1.82, 2.24) is 19.5 Å². The molecule has 2 aromatic rings. The van der Waals surface area contributed by atoms with Crippen LogP contribution in [-0.2, 0) is 6.42 Å². The predicted octanol–water partition coefficient (Wildman–Crippen LogP) is 2.15. The van der Waals surface area contributed by atoms with Crippen LogP contribution < -0.4 is 4.74 Å². The monoisotopic (exact) mass is 274 g/mol. The molecule has 3 rings (SSSR count). The zero-order valence-corrected chi connectivity index (χ0v) is 12.2. The van der Waals surface area contributed by atoms with E-state index in [0.717, 1.165) is 30.3 Å². The minimum absolute atomic E-state index is 0.575. The molecule has 1 unspecified atom stereocenters. The summed E-state index contributed by atoms with van der Waals surface area (Å²) in [6, 6.07) is 6.45. The van der Waals surface area contributed by atoms with Gasteiger partial charge in [0.15, 0.2) is 5.65 Å². The molecule has 0 aliphatic carbocycles. The Kier molecular flexibility index (Phi) is 3.87. The molecule has 1 aliphatic heterocycles. The molecule has 1 saturated heterocycles. The van der Waals surface area contributed by atoms with E-state index < -0.39 is 0 Å². The maximum atomic E-state index is 5.44. The molecule has 1 atom stereocenters. The first kappa shape index (κ1) is 13.4. The van der Waals surface area contributed by atoms with Crippen LogP contribution in [0.3, 0.4) is 0 Å². The Morgan fingerprint density at radius 2 is 2.20 bits per heavy atom.